The van der Waals surface area contributed by atoms with E-state index < -0.39 is 18.4 Å². The molecule has 1 aliphatic rings. The standard InChI is InChI=1S/C19H19N3O5/c23-17-13-8-4-5-9-14(13)18(24)16(21-22-26)15(17)20-10-11-27-19(25)12-6-2-1-3-7-12/h1-9,15-16,19-20,25H,10-11H2,(H,21,26). The number of hydrogen-bond donors (Lipinski definition) is 3. The summed E-state index contributed by atoms with van der Waals surface area (Å²) in [6.45, 7) is 0.281. The molecule has 3 unspecified atom stereocenters. The van der Waals surface area contributed by atoms with Gasteiger partial charge in [-0.3, -0.25) is 15.0 Å². The van der Waals surface area contributed by atoms with Gasteiger partial charge < -0.3 is 15.2 Å². The van der Waals surface area contributed by atoms with Crippen LogP contribution >= 0.6 is 0 Å². The molecule has 3 rings (SSSR count). The Labute approximate surface area is 155 Å². The Morgan fingerprint density at radius 1 is 0.963 bits per heavy atom. The summed E-state index contributed by atoms with van der Waals surface area (Å²) in [4.78, 5) is 35.9. The van der Waals surface area contributed by atoms with Gasteiger partial charge in [0.1, 0.15) is 12.1 Å². The highest BCUT2D eigenvalue weighted by molar-refractivity contribution is 6.19. The fraction of sp³-hybridized carbons (Fsp3) is 0.263. The number of carbonyl (C=O) groups is 2. The third-order valence-electron chi connectivity index (χ3n) is 4.37. The minimum atomic E-state index is -1.09. The minimum Gasteiger partial charge on any atom is -0.364 e. The summed E-state index contributed by atoms with van der Waals surface area (Å²) in [7, 11) is 0. The summed E-state index contributed by atoms with van der Waals surface area (Å²) < 4.78 is 5.34. The number of Topliss-reactive ketones (excluding diaryl/α,β-unsaturated/α-hetero) is 2. The van der Waals surface area contributed by atoms with E-state index in [1.165, 1.54) is 0 Å². The van der Waals surface area contributed by atoms with Gasteiger partial charge in [0.25, 0.3) is 0 Å². The summed E-state index contributed by atoms with van der Waals surface area (Å²) in [5, 5.41) is 15.5. The molecule has 8 nitrogen and oxygen atoms in total. The average Bonchev–Trinajstić information content (AvgIpc) is 2.71. The number of aliphatic hydroxyl groups excluding tert-OH is 1. The number of nitroso groups, excluding NO2 is 1. The van der Waals surface area contributed by atoms with Gasteiger partial charge in [-0.15, -0.1) is 4.91 Å². The molecule has 1 aliphatic carbocycles. The summed E-state index contributed by atoms with van der Waals surface area (Å²) in [6.07, 6.45) is -1.09. The predicted molar refractivity (Wildman–Crippen MR) is 97.0 cm³/mol. The number of ether oxygens (including phenoxy) is 1. The molecule has 0 heterocycles. The molecule has 0 saturated carbocycles. The largest absolute Gasteiger partial charge is 0.364 e. The van der Waals surface area contributed by atoms with E-state index in [2.05, 4.69) is 16.0 Å². The van der Waals surface area contributed by atoms with Gasteiger partial charge in [0.2, 0.25) is 0 Å². The van der Waals surface area contributed by atoms with Crippen LogP contribution in [0.15, 0.2) is 59.9 Å². The lowest BCUT2D eigenvalue weighted by atomic mass is 9.82. The second-order valence-corrected chi connectivity index (χ2v) is 6.04. The lowest BCUT2D eigenvalue weighted by molar-refractivity contribution is -0.101. The number of benzene rings is 2. The van der Waals surface area contributed by atoms with Crippen LogP contribution < -0.4 is 10.7 Å². The van der Waals surface area contributed by atoms with Crippen LogP contribution in [0.2, 0.25) is 0 Å². The third-order valence-corrected chi connectivity index (χ3v) is 4.37. The number of nitrogens with one attached hydrogen (secondary N) is 2. The Morgan fingerprint density at radius 3 is 2.19 bits per heavy atom. The smallest absolute Gasteiger partial charge is 0.189 e. The number of hydrogen-bond acceptors (Lipinski definition) is 7. The van der Waals surface area contributed by atoms with E-state index in [0.717, 1.165) is 0 Å². The van der Waals surface area contributed by atoms with Crippen LogP contribution in [0.3, 0.4) is 0 Å². The Balaban J connectivity index is 1.63. The highest BCUT2D eigenvalue weighted by Gasteiger charge is 2.41. The molecule has 27 heavy (non-hydrogen) atoms. The molecular weight excluding hydrogens is 350 g/mol. The first-order chi connectivity index (χ1) is 13.1. The van der Waals surface area contributed by atoms with Crippen molar-refractivity contribution in [2.75, 3.05) is 13.2 Å². The monoisotopic (exact) mass is 369 g/mol. The maximum Gasteiger partial charge on any atom is 0.189 e. The highest BCUT2D eigenvalue weighted by atomic mass is 16.6. The van der Waals surface area contributed by atoms with Crippen molar-refractivity contribution >= 4 is 11.6 Å². The van der Waals surface area contributed by atoms with E-state index in [-0.39, 0.29) is 30.3 Å². The zero-order valence-electron chi connectivity index (χ0n) is 14.4. The van der Waals surface area contributed by atoms with Crippen LogP contribution in [0, 0.1) is 4.91 Å². The molecule has 0 aliphatic heterocycles. The SMILES string of the molecule is O=NNC1C(=O)c2ccccc2C(=O)C1NCCOC(O)c1ccccc1. The summed E-state index contributed by atoms with van der Waals surface area (Å²) in [6, 6.07) is 13.3. The van der Waals surface area contributed by atoms with Gasteiger partial charge in [-0.1, -0.05) is 54.6 Å². The molecule has 0 saturated heterocycles. The average molecular weight is 369 g/mol. The molecule has 8 heteroatoms. The Morgan fingerprint density at radius 2 is 1.56 bits per heavy atom. The molecule has 3 atom stereocenters. The number of ketones is 2. The van der Waals surface area contributed by atoms with Gasteiger partial charge in [0, 0.05) is 23.2 Å². The Bertz CT molecular complexity index is 827. The Hall–Kier alpha value is -2.94. The number of aliphatic hydroxyl groups is 1. The van der Waals surface area contributed by atoms with E-state index in [9.17, 15) is 19.6 Å². The predicted octanol–water partition coefficient (Wildman–Crippen LogP) is 1.37. The van der Waals surface area contributed by atoms with E-state index in [1.807, 2.05) is 6.07 Å². The molecule has 0 fully saturated rings. The molecule has 0 bridgehead atoms. The lowest BCUT2D eigenvalue weighted by Crippen LogP contribution is -2.58. The third kappa shape index (κ3) is 4.08. The first-order valence-electron chi connectivity index (χ1n) is 8.47. The second-order valence-electron chi connectivity index (χ2n) is 6.04. The second kappa shape index (κ2) is 8.63. The van der Waals surface area contributed by atoms with Crippen molar-refractivity contribution < 1.29 is 19.4 Å². The minimum absolute atomic E-state index is 0.0942. The van der Waals surface area contributed by atoms with Crippen LogP contribution in [0.25, 0.3) is 0 Å². The molecule has 2 aromatic carbocycles. The van der Waals surface area contributed by atoms with E-state index in [0.29, 0.717) is 11.1 Å². The van der Waals surface area contributed by atoms with Crippen molar-refractivity contribution in [2.24, 2.45) is 5.29 Å². The van der Waals surface area contributed by atoms with Gasteiger partial charge in [-0.2, -0.15) is 0 Å². The molecular formula is C19H19N3O5. The summed E-state index contributed by atoms with van der Waals surface area (Å²) >= 11 is 0. The van der Waals surface area contributed by atoms with E-state index >= 15 is 0 Å². The van der Waals surface area contributed by atoms with Gasteiger partial charge in [-0.05, 0) is 0 Å². The molecule has 3 N–H and O–H groups in total. The van der Waals surface area contributed by atoms with Crippen molar-refractivity contribution in [3.05, 3.63) is 76.2 Å². The molecule has 0 radical (unpaired) electrons. The van der Waals surface area contributed by atoms with Crippen molar-refractivity contribution in [3.8, 4) is 0 Å². The van der Waals surface area contributed by atoms with Crippen molar-refractivity contribution in [1.29, 1.82) is 0 Å². The number of rotatable bonds is 8. The molecule has 0 aromatic heterocycles. The molecule has 140 valence electrons. The fourth-order valence-corrected chi connectivity index (χ4v) is 3.05. The molecule has 2 aromatic rings. The quantitative estimate of drug-likeness (QED) is 0.278. The van der Waals surface area contributed by atoms with E-state index in [4.69, 9.17) is 4.74 Å². The highest BCUT2D eigenvalue weighted by Crippen LogP contribution is 2.22. The van der Waals surface area contributed by atoms with Gasteiger partial charge >= 0.3 is 0 Å². The van der Waals surface area contributed by atoms with Crippen LogP contribution in [-0.4, -0.2) is 41.9 Å². The summed E-state index contributed by atoms with van der Waals surface area (Å²) in [5.74, 6) is -0.692. The van der Waals surface area contributed by atoms with Crippen LogP contribution in [0.1, 0.15) is 32.6 Å². The van der Waals surface area contributed by atoms with Crippen molar-refractivity contribution in [3.63, 3.8) is 0 Å². The normalized spacial score (nSPS) is 20.0. The lowest BCUT2D eigenvalue weighted by Gasteiger charge is -2.30. The first-order valence-corrected chi connectivity index (χ1v) is 8.47. The number of carbonyl (C=O) groups excluding carboxylic acids is 2. The van der Waals surface area contributed by atoms with Gasteiger partial charge in [-0.25, -0.2) is 0 Å². The van der Waals surface area contributed by atoms with Gasteiger partial charge in [0.05, 0.1) is 11.9 Å². The van der Waals surface area contributed by atoms with Crippen molar-refractivity contribution in [2.45, 2.75) is 18.4 Å². The van der Waals surface area contributed by atoms with Gasteiger partial charge in [0.15, 0.2) is 17.9 Å². The Kier molecular flexibility index (Phi) is 6.02. The maximum atomic E-state index is 12.7. The van der Waals surface area contributed by atoms with Crippen LogP contribution in [-0.2, 0) is 4.74 Å². The zero-order chi connectivity index (χ0) is 19.2. The topological polar surface area (TPSA) is 117 Å². The van der Waals surface area contributed by atoms with E-state index in [1.54, 1.807) is 48.5 Å². The first kappa shape index (κ1) is 18.8. The fourth-order valence-electron chi connectivity index (χ4n) is 3.05. The maximum absolute atomic E-state index is 12.7. The van der Waals surface area contributed by atoms with Crippen LogP contribution in [0.5, 0.6) is 0 Å². The molecule has 0 amide bonds. The zero-order valence-corrected chi connectivity index (χ0v) is 14.4. The molecule has 0 spiro atoms. The number of fused-ring (bicyclic) bond motifs is 1. The summed E-state index contributed by atoms with van der Waals surface area (Å²) in [5.41, 5.74) is 3.35. The van der Waals surface area contributed by atoms with Crippen LogP contribution in [0.4, 0.5) is 0 Å². The number of nitrogens with zero attached hydrogens (tertiary/aromatic N) is 1. The van der Waals surface area contributed by atoms with Crippen molar-refractivity contribution in [1.82, 2.24) is 10.7 Å².